The molecule has 4 heteroatoms. The van der Waals surface area contributed by atoms with Crippen molar-refractivity contribution in [3.63, 3.8) is 0 Å². The molecule has 1 atom stereocenters. The van der Waals surface area contributed by atoms with Crippen LogP contribution in [-0.2, 0) is 6.42 Å². The molecule has 0 saturated carbocycles. The molecule has 1 aliphatic heterocycles. The third-order valence-electron chi connectivity index (χ3n) is 4.47. The van der Waals surface area contributed by atoms with E-state index in [1.807, 2.05) is 27.7 Å². The van der Waals surface area contributed by atoms with Crippen LogP contribution >= 0.6 is 0 Å². The van der Waals surface area contributed by atoms with Crippen molar-refractivity contribution in [1.82, 2.24) is 9.88 Å². The Labute approximate surface area is 128 Å². The van der Waals surface area contributed by atoms with Gasteiger partial charge in [-0.05, 0) is 56.4 Å². The minimum atomic E-state index is -0.274. The van der Waals surface area contributed by atoms with Crippen molar-refractivity contribution in [3.05, 3.63) is 29.3 Å². The molecule has 1 spiro atoms. The second-order valence-corrected chi connectivity index (χ2v) is 5.51. The molecule has 3 rings (SSSR count). The van der Waals surface area contributed by atoms with Crippen LogP contribution in [0.2, 0.25) is 0 Å². The fraction of sp³-hybridized carbons (Fsp3) is 0.706. The van der Waals surface area contributed by atoms with Gasteiger partial charge in [0.2, 0.25) is 0 Å². The second-order valence-electron chi connectivity index (χ2n) is 5.51. The van der Waals surface area contributed by atoms with Gasteiger partial charge in [-0.3, -0.25) is 4.98 Å². The molecule has 1 fully saturated rings. The van der Waals surface area contributed by atoms with Crippen LogP contribution in [0.5, 0.6) is 0 Å². The molecular formula is C17H30FN3. The summed E-state index contributed by atoms with van der Waals surface area (Å²) in [5.74, 6) is -0.274. The maximum absolute atomic E-state index is 13.2. The molecule has 1 saturated heterocycles. The van der Waals surface area contributed by atoms with E-state index in [2.05, 4.69) is 16.9 Å². The number of likely N-dealkylation sites (tertiary alicyclic amines) is 1. The molecule has 1 aliphatic carbocycles. The predicted molar refractivity (Wildman–Crippen MR) is 86.7 cm³/mol. The third-order valence-corrected chi connectivity index (χ3v) is 4.47. The maximum Gasteiger partial charge on any atom is 0.141 e. The highest BCUT2D eigenvalue weighted by atomic mass is 19.1. The summed E-state index contributed by atoms with van der Waals surface area (Å²) in [5.41, 5.74) is 8.39. The predicted octanol–water partition coefficient (Wildman–Crippen LogP) is 3.54. The number of aromatic nitrogens is 1. The lowest BCUT2D eigenvalue weighted by Crippen LogP contribution is -2.42. The van der Waals surface area contributed by atoms with E-state index in [0.29, 0.717) is 0 Å². The molecule has 2 aliphatic rings. The summed E-state index contributed by atoms with van der Waals surface area (Å²) >= 11 is 0. The van der Waals surface area contributed by atoms with Crippen molar-refractivity contribution in [2.75, 3.05) is 20.1 Å². The number of rotatable bonds is 0. The van der Waals surface area contributed by atoms with Crippen LogP contribution in [0.4, 0.5) is 4.39 Å². The largest absolute Gasteiger partial charge is 0.323 e. The maximum atomic E-state index is 13.2. The van der Waals surface area contributed by atoms with Gasteiger partial charge < -0.3 is 10.6 Å². The molecule has 2 heterocycles. The molecule has 120 valence electrons. The average molecular weight is 295 g/mol. The van der Waals surface area contributed by atoms with E-state index >= 15 is 0 Å². The summed E-state index contributed by atoms with van der Waals surface area (Å²) < 4.78 is 13.2. The van der Waals surface area contributed by atoms with Gasteiger partial charge in [0.25, 0.3) is 0 Å². The van der Waals surface area contributed by atoms with Gasteiger partial charge in [0.1, 0.15) is 5.82 Å². The Balaban J connectivity index is 0.000000510. The topological polar surface area (TPSA) is 42.2 Å². The van der Waals surface area contributed by atoms with Crippen molar-refractivity contribution in [2.45, 2.75) is 53.0 Å². The van der Waals surface area contributed by atoms with Crippen molar-refractivity contribution in [3.8, 4) is 0 Å². The monoisotopic (exact) mass is 295 g/mol. The van der Waals surface area contributed by atoms with E-state index in [1.54, 1.807) is 6.07 Å². The Morgan fingerprint density at radius 3 is 2.38 bits per heavy atom. The Hall–Kier alpha value is -1.00. The molecule has 0 unspecified atom stereocenters. The number of halogens is 1. The van der Waals surface area contributed by atoms with Gasteiger partial charge in [-0.25, -0.2) is 4.39 Å². The zero-order valence-electron chi connectivity index (χ0n) is 14.1. The van der Waals surface area contributed by atoms with Gasteiger partial charge in [-0.15, -0.1) is 0 Å². The van der Waals surface area contributed by atoms with Gasteiger partial charge >= 0.3 is 0 Å². The van der Waals surface area contributed by atoms with Crippen molar-refractivity contribution < 1.29 is 4.39 Å². The van der Waals surface area contributed by atoms with Crippen LogP contribution < -0.4 is 5.73 Å². The van der Waals surface area contributed by atoms with Crippen LogP contribution in [0.1, 0.15) is 57.8 Å². The van der Waals surface area contributed by atoms with E-state index < -0.39 is 0 Å². The summed E-state index contributed by atoms with van der Waals surface area (Å²) in [6.45, 7) is 10.1. The van der Waals surface area contributed by atoms with Gasteiger partial charge in [-0.1, -0.05) is 27.7 Å². The van der Waals surface area contributed by atoms with Crippen molar-refractivity contribution >= 4 is 0 Å². The number of nitrogens with two attached hydrogens (primary N) is 1. The molecule has 3 nitrogen and oxygen atoms in total. The van der Waals surface area contributed by atoms with Gasteiger partial charge in [0.05, 0.1) is 6.20 Å². The van der Waals surface area contributed by atoms with E-state index in [1.165, 1.54) is 6.20 Å². The fourth-order valence-electron chi connectivity index (χ4n) is 3.23. The van der Waals surface area contributed by atoms with Gasteiger partial charge in [0, 0.05) is 11.7 Å². The van der Waals surface area contributed by atoms with Crippen molar-refractivity contribution in [2.24, 2.45) is 11.1 Å². The lowest BCUT2D eigenvalue weighted by atomic mass is 9.73. The minimum absolute atomic E-state index is 0.0469. The lowest BCUT2D eigenvalue weighted by Gasteiger charge is -2.40. The fourth-order valence-corrected chi connectivity index (χ4v) is 3.23. The lowest BCUT2D eigenvalue weighted by molar-refractivity contribution is 0.105. The number of nitrogens with zero attached hydrogens (tertiary/aromatic N) is 2. The third kappa shape index (κ3) is 3.61. The number of hydrogen-bond acceptors (Lipinski definition) is 3. The van der Waals surface area contributed by atoms with Crippen LogP contribution in [0.3, 0.4) is 0 Å². The zero-order valence-corrected chi connectivity index (χ0v) is 14.1. The molecule has 0 bridgehead atoms. The molecule has 0 amide bonds. The molecule has 1 aromatic heterocycles. The SMILES string of the molecule is CC.CC.CN1CCC2(CC1)Cc1ncc(F)cc1[C@H]2N. The summed E-state index contributed by atoms with van der Waals surface area (Å²) in [7, 11) is 2.14. The molecule has 2 N–H and O–H groups in total. The number of fused-ring (bicyclic) bond motifs is 1. The number of piperidine rings is 1. The molecule has 0 radical (unpaired) electrons. The first kappa shape index (κ1) is 18.1. The van der Waals surface area contributed by atoms with E-state index in [9.17, 15) is 4.39 Å². The second kappa shape index (κ2) is 7.85. The summed E-state index contributed by atoms with van der Waals surface area (Å²) in [6, 6.07) is 1.52. The minimum Gasteiger partial charge on any atom is -0.323 e. The van der Waals surface area contributed by atoms with E-state index in [4.69, 9.17) is 5.73 Å². The highest BCUT2D eigenvalue weighted by Gasteiger charge is 2.46. The Morgan fingerprint density at radius 1 is 1.24 bits per heavy atom. The van der Waals surface area contributed by atoms with Gasteiger partial charge in [-0.2, -0.15) is 0 Å². The first-order valence-corrected chi connectivity index (χ1v) is 8.19. The van der Waals surface area contributed by atoms with Crippen LogP contribution in [0.15, 0.2) is 12.3 Å². The smallest absolute Gasteiger partial charge is 0.141 e. The Kier molecular flexibility index (Phi) is 6.75. The highest BCUT2D eigenvalue weighted by Crippen LogP contribution is 2.49. The van der Waals surface area contributed by atoms with Crippen LogP contribution in [-0.4, -0.2) is 30.0 Å². The van der Waals surface area contributed by atoms with Crippen LogP contribution in [0.25, 0.3) is 0 Å². The van der Waals surface area contributed by atoms with Crippen LogP contribution in [0, 0.1) is 11.2 Å². The molecule has 1 aromatic rings. The Bertz CT molecular complexity index is 440. The van der Waals surface area contributed by atoms with E-state index in [-0.39, 0.29) is 17.3 Å². The first-order valence-electron chi connectivity index (χ1n) is 8.19. The molecular weight excluding hydrogens is 265 g/mol. The molecule has 21 heavy (non-hydrogen) atoms. The molecule has 0 aromatic carbocycles. The number of hydrogen-bond donors (Lipinski definition) is 1. The zero-order chi connectivity index (χ0) is 16.0. The highest BCUT2D eigenvalue weighted by molar-refractivity contribution is 5.33. The quantitative estimate of drug-likeness (QED) is 0.796. The Morgan fingerprint density at radius 2 is 1.81 bits per heavy atom. The average Bonchev–Trinajstić information content (AvgIpc) is 2.80. The standard InChI is InChI=1S/C13H18FN3.2C2H6/c1-17-4-2-13(3-5-17)7-11-10(12(13)15)6-9(14)8-16-11;2*1-2/h6,8,12H,2-5,7,15H2,1H3;2*1-2H3/t12-;;/m1../s1. The summed E-state index contributed by atoms with van der Waals surface area (Å²) in [5, 5.41) is 0. The van der Waals surface area contributed by atoms with Crippen molar-refractivity contribution in [1.29, 1.82) is 0 Å². The summed E-state index contributed by atoms with van der Waals surface area (Å²) in [6.07, 6.45) is 4.39. The summed E-state index contributed by atoms with van der Waals surface area (Å²) in [4.78, 5) is 6.54. The van der Waals surface area contributed by atoms with Gasteiger partial charge in [0.15, 0.2) is 0 Å². The first-order chi connectivity index (χ1) is 10.1. The number of pyridine rings is 1. The van der Waals surface area contributed by atoms with E-state index in [0.717, 1.165) is 43.6 Å². The normalized spacial score (nSPS) is 22.7.